The second kappa shape index (κ2) is 13.3. The largest absolute Gasteiger partial charge is 0.368 e. The van der Waals surface area contributed by atoms with Gasteiger partial charge in [-0.15, -0.1) is 0 Å². The Morgan fingerprint density at radius 3 is 2.17 bits per heavy atom. The number of nitrogens with two attached hydrogens (primary N) is 1. The van der Waals surface area contributed by atoms with Gasteiger partial charge in [-0.3, -0.25) is 28.8 Å². The smallest absolute Gasteiger partial charge is 0.245 e. The molecular weight excluding hydrogens is 540 g/mol. The Bertz CT molecular complexity index is 1390. The van der Waals surface area contributed by atoms with Gasteiger partial charge in [-0.25, -0.2) is 0 Å². The van der Waals surface area contributed by atoms with Crippen molar-refractivity contribution in [3.63, 3.8) is 0 Å². The molecule has 2 bridgehead atoms. The van der Waals surface area contributed by atoms with Crippen LogP contribution in [0.1, 0.15) is 45.7 Å². The molecule has 1 heterocycles. The van der Waals surface area contributed by atoms with Crippen LogP contribution >= 0.6 is 0 Å². The van der Waals surface area contributed by atoms with Crippen molar-refractivity contribution in [2.24, 2.45) is 5.73 Å². The van der Waals surface area contributed by atoms with E-state index in [9.17, 15) is 28.8 Å². The van der Waals surface area contributed by atoms with Gasteiger partial charge in [0, 0.05) is 19.8 Å². The molecule has 1 aliphatic heterocycles. The van der Waals surface area contributed by atoms with Crippen molar-refractivity contribution in [3.8, 4) is 11.1 Å². The van der Waals surface area contributed by atoms with Crippen LogP contribution in [0.15, 0.2) is 48.5 Å². The lowest BCUT2D eigenvalue weighted by atomic mass is 9.92. The van der Waals surface area contributed by atoms with Crippen LogP contribution in [0.25, 0.3) is 11.1 Å². The molecule has 2 aromatic carbocycles. The van der Waals surface area contributed by atoms with Crippen LogP contribution in [-0.4, -0.2) is 65.1 Å². The summed E-state index contributed by atoms with van der Waals surface area (Å²) in [6.07, 6.45) is 0.205. The SMILES string of the molecule is CC(=O)N[C@H]1Cc2ccccc2-c2cccc(c2)C[C@@H](C(N)=O)NC(=O)C(C)(C)NC(=O)[C@H](C)NC(=O)[C@H](C)NC1=O. The van der Waals surface area contributed by atoms with Gasteiger partial charge in [-0.1, -0.05) is 48.5 Å². The van der Waals surface area contributed by atoms with Crippen LogP contribution in [0, 0.1) is 0 Å². The van der Waals surface area contributed by atoms with E-state index in [2.05, 4.69) is 26.6 Å². The van der Waals surface area contributed by atoms with Crippen molar-refractivity contribution in [1.29, 1.82) is 0 Å². The summed E-state index contributed by atoms with van der Waals surface area (Å²) < 4.78 is 0. The second-order valence-electron chi connectivity index (χ2n) is 11.0. The van der Waals surface area contributed by atoms with Crippen LogP contribution < -0.4 is 32.3 Å². The maximum Gasteiger partial charge on any atom is 0.245 e. The minimum atomic E-state index is -1.46. The van der Waals surface area contributed by atoms with E-state index in [0.29, 0.717) is 5.56 Å². The number of hydrogen-bond acceptors (Lipinski definition) is 6. The van der Waals surface area contributed by atoms with E-state index >= 15 is 0 Å². The van der Waals surface area contributed by atoms with Gasteiger partial charge in [0.05, 0.1) is 0 Å². The first-order valence-electron chi connectivity index (χ1n) is 13.6. The van der Waals surface area contributed by atoms with Crippen LogP contribution in [0.2, 0.25) is 0 Å². The van der Waals surface area contributed by atoms with E-state index in [1.165, 1.54) is 34.6 Å². The minimum Gasteiger partial charge on any atom is -0.368 e. The second-order valence-corrected chi connectivity index (χ2v) is 11.0. The van der Waals surface area contributed by atoms with Gasteiger partial charge in [0.2, 0.25) is 35.4 Å². The lowest BCUT2D eigenvalue weighted by Gasteiger charge is -2.29. The molecule has 4 atom stereocenters. The molecule has 0 saturated carbocycles. The van der Waals surface area contributed by atoms with Gasteiger partial charge < -0.3 is 32.3 Å². The molecule has 0 fully saturated rings. The molecule has 0 unspecified atom stereocenters. The lowest BCUT2D eigenvalue weighted by molar-refractivity contribution is -0.136. The Kier molecular flexibility index (Phi) is 10.1. The van der Waals surface area contributed by atoms with E-state index in [4.69, 9.17) is 5.73 Å². The van der Waals surface area contributed by atoms with Gasteiger partial charge >= 0.3 is 0 Å². The number of rotatable bonds is 2. The number of amides is 6. The molecule has 1 aliphatic rings. The van der Waals surface area contributed by atoms with Gasteiger partial charge in [0.1, 0.15) is 29.7 Å². The highest BCUT2D eigenvalue weighted by molar-refractivity contribution is 5.97. The van der Waals surface area contributed by atoms with E-state index in [1.807, 2.05) is 36.4 Å². The molecule has 12 nitrogen and oxygen atoms in total. The zero-order chi connectivity index (χ0) is 31.2. The van der Waals surface area contributed by atoms with Gasteiger partial charge in [0.15, 0.2) is 0 Å². The van der Waals surface area contributed by atoms with Crippen LogP contribution in [0.3, 0.4) is 0 Å². The number of nitrogens with one attached hydrogen (secondary N) is 5. The zero-order valence-electron chi connectivity index (χ0n) is 24.4. The third kappa shape index (κ3) is 8.15. The molecular formula is C30H38N6O6. The summed E-state index contributed by atoms with van der Waals surface area (Å²) in [5, 5.41) is 13.0. The predicted molar refractivity (Wildman–Crippen MR) is 155 cm³/mol. The van der Waals surface area contributed by atoms with Crippen LogP contribution in [0.4, 0.5) is 0 Å². The predicted octanol–water partition coefficient (Wildman–Crippen LogP) is -0.169. The summed E-state index contributed by atoms with van der Waals surface area (Å²) in [6.45, 7) is 7.10. The van der Waals surface area contributed by atoms with Crippen molar-refractivity contribution < 1.29 is 28.8 Å². The van der Waals surface area contributed by atoms with Gasteiger partial charge in [0.25, 0.3) is 0 Å². The first kappa shape index (κ1) is 31.8. The Balaban J connectivity index is 2.07. The Morgan fingerprint density at radius 2 is 1.50 bits per heavy atom. The maximum atomic E-state index is 13.3. The molecule has 0 radical (unpaired) electrons. The summed E-state index contributed by atoms with van der Waals surface area (Å²) in [5.74, 6) is -3.70. The molecule has 12 heteroatoms. The highest BCUT2D eigenvalue weighted by atomic mass is 16.2. The standard InChI is InChI=1S/C30H38N6O6/c1-16-26(39)32-17(2)27(40)36-30(4,5)29(42)35-23(25(31)38)14-19-9-8-11-20(13-19)22-12-7-6-10-21(22)15-24(28(41)33-16)34-18(3)37/h6-13,16-17,23-24H,14-15H2,1-5H3,(H2,31,38)(H,32,39)(H,33,41)(H,34,37)(H,35,42)(H,36,40)/t16-,17-,23-,24-/m0/s1. The fourth-order valence-electron chi connectivity index (χ4n) is 4.57. The highest BCUT2D eigenvalue weighted by Crippen LogP contribution is 2.26. The van der Waals surface area contributed by atoms with Crippen molar-refractivity contribution in [1.82, 2.24) is 26.6 Å². The normalized spacial score (nSPS) is 23.6. The van der Waals surface area contributed by atoms with Gasteiger partial charge in [-0.2, -0.15) is 0 Å². The average Bonchev–Trinajstić information content (AvgIpc) is 2.91. The summed E-state index contributed by atoms with van der Waals surface area (Å²) in [4.78, 5) is 76.4. The fraction of sp³-hybridized carbons (Fsp3) is 0.400. The van der Waals surface area contributed by atoms with Crippen molar-refractivity contribution in [2.45, 2.75) is 77.2 Å². The van der Waals surface area contributed by atoms with E-state index < -0.39 is 65.1 Å². The van der Waals surface area contributed by atoms with Crippen LogP contribution in [-0.2, 0) is 41.6 Å². The van der Waals surface area contributed by atoms with Gasteiger partial charge in [-0.05, 0) is 49.9 Å². The average molecular weight is 579 g/mol. The summed E-state index contributed by atoms with van der Waals surface area (Å²) in [7, 11) is 0. The third-order valence-corrected chi connectivity index (χ3v) is 6.97. The highest BCUT2D eigenvalue weighted by Gasteiger charge is 2.34. The quantitative estimate of drug-likeness (QED) is 0.287. The first-order valence-corrected chi connectivity index (χ1v) is 13.6. The molecule has 0 spiro atoms. The molecule has 224 valence electrons. The fourth-order valence-corrected chi connectivity index (χ4v) is 4.57. The van der Waals surface area contributed by atoms with Crippen molar-refractivity contribution in [3.05, 3.63) is 59.7 Å². The zero-order valence-corrected chi connectivity index (χ0v) is 24.4. The Labute approximate surface area is 244 Å². The van der Waals surface area contributed by atoms with Crippen molar-refractivity contribution >= 4 is 35.4 Å². The minimum absolute atomic E-state index is 0.0857. The number of carbonyl (C=O) groups is 6. The first-order chi connectivity index (χ1) is 19.7. The van der Waals surface area contributed by atoms with E-state index in [0.717, 1.165) is 16.7 Å². The summed E-state index contributed by atoms with van der Waals surface area (Å²) >= 11 is 0. The number of primary amides is 1. The van der Waals surface area contributed by atoms with E-state index in [1.54, 1.807) is 12.1 Å². The van der Waals surface area contributed by atoms with Crippen molar-refractivity contribution in [2.75, 3.05) is 0 Å². The monoisotopic (exact) mass is 578 g/mol. The summed E-state index contributed by atoms with van der Waals surface area (Å²) in [5.41, 5.74) is 7.21. The summed E-state index contributed by atoms with van der Waals surface area (Å²) in [6, 6.07) is 10.5. The molecule has 0 aromatic heterocycles. The Hall–Kier alpha value is -4.74. The third-order valence-electron chi connectivity index (χ3n) is 6.97. The number of benzene rings is 2. The molecule has 0 aliphatic carbocycles. The van der Waals surface area contributed by atoms with Crippen LogP contribution in [0.5, 0.6) is 0 Å². The molecule has 6 amide bonds. The lowest BCUT2D eigenvalue weighted by Crippen LogP contribution is -2.62. The number of hydrogen-bond donors (Lipinski definition) is 6. The molecule has 2 aromatic rings. The molecule has 42 heavy (non-hydrogen) atoms. The molecule has 3 rings (SSSR count). The molecule has 7 N–H and O–H groups in total. The molecule has 0 saturated heterocycles. The Morgan fingerprint density at radius 1 is 0.857 bits per heavy atom. The topological polar surface area (TPSA) is 189 Å². The maximum absolute atomic E-state index is 13.3. The van der Waals surface area contributed by atoms with E-state index in [-0.39, 0.29) is 12.8 Å². The number of fused-ring (bicyclic) bond motifs is 4. The number of carbonyl (C=O) groups excluding carboxylic acids is 6.